The second-order valence-corrected chi connectivity index (χ2v) is 7.73. The summed E-state index contributed by atoms with van der Waals surface area (Å²) in [4.78, 5) is 4.10. The van der Waals surface area contributed by atoms with Crippen LogP contribution >= 0.6 is 0 Å². The number of nitrogens with zero attached hydrogens (tertiary/aromatic N) is 4. The van der Waals surface area contributed by atoms with Crippen molar-refractivity contribution in [3.8, 4) is 11.7 Å². The lowest BCUT2D eigenvalue weighted by molar-refractivity contribution is 0.290. The van der Waals surface area contributed by atoms with Crippen molar-refractivity contribution < 1.29 is 17.3 Å². The summed E-state index contributed by atoms with van der Waals surface area (Å²) in [6, 6.07) is 6.68. The van der Waals surface area contributed by atoms with Crippen molar-refractivity contribution in [3.63, 3.8) is 0 Å². The summed E-state index contributed by atoms with van der Waals surface area (Å²) in [5.41, 5.74) is 0. The second kappa shape index (κ2) is 6.41. The van der Waals surface area contributed by atoms with Crippen LogP contribution in [0.25, 0.3) is 11.7 Å². The summed E-state index contributed by atoms with van der Waals surface area (Å²) in [6.45, 7) is 0.806. The van der Waals surface area contributed by atoms with Gasteiger partial charge in [-0.05, 0) is 37.1 Å². The predicted molar refractivity (Wildman–Crippen MR) is 87.0 cm³/mol. The van der Waals surface area contributed by atoms with Gasteiger partial charge in [-0.2, -0.15) is 4.31 Å². The van der Waals surface area contributed by atoms with Crippen LogP contribution in [0.4, 0.5) is 0 Å². The highest BCUT2D eigenvalue weighted by atomic mass is 32.2. The van der Waals surface area contributed by atoms with Crippen molar-refractivity contribution in [2.75, 3.05) is 13.1 Å². The van der Waals surface area contributed by atoms with Gasteiger partial charge < -0.3 is 8.83 Å². The Kier molecular flexibility index (Phi) is 4.10. The van der Waals surface area contributed by atoms with Crippen molar-refractivity contribution in [2.45, 2.75) is 23.7 Å². The van der Waals surface area contributed by atoms with Gasteiger partial charge in [0.1, 0.15) is 4.90 Å². The van der Waals surface area contributed by atoms with Crippen LogP contribution in [0.3, 0.4) is 0 Å². The molecule has 3 aromatic heterocycles. The highest BCUT2D eigenvalue weighted by Crippen LogP contribution is 2.31. The van der Waals surface area contributed by atoms with E-state index in [9.17, 15) is 8.42 Å². The molecule has 0 N–H and O–H groups in total. The van der Waals surface area contributed by atoms with Crippen molar-refractivity contribution in [3.05, 3.63) is 48.8 Å². The van der Waals surface area contributed by atoms with Gasteiger partial charge >= 0.3 is 0 Å². The van der Waals surface area contributed by atoms with Crippen LogP contribution in [0.1, 0.15) is 24.7 Å². The third kappa shape index (κ3) is 3.08. The highest BCUT2D eigenvalue weighted by molar-refractivity contribution is 7.89. The van der Waals surface area contributed by atoms with E-state index in [1.54, 1.807) is 36.7 Å². The Hall–Kier alpha value is -2.52. The lowest BCUT2D eigenvalue weighted by Gasteiger charge is -2.29. The molecule has 25 heavy (non-hydrogen) atoms. The molecule has 4 heterocycles. The molecular formula is C16H16N4O4S. The van der Waals surface area contributed by atoms with Crippen molar-refractivity contribution in [1.82, 2.24) is 19.5 Å². The Morgan fingerprint density at radius 1 is 1.12 bits per heavy atom. The molecule has 0 atom stereocenters. The lowest BCUT2D eigenvalue weighted by atomic mass is 9.98. The van der Waals surface area contributed by atoms with Gasteiger partial charge in [-0.1, -0.05) is 0 Å². The van der Waals surface area contributed by atoms with E-state index < -0.39 is 10.0 Å². The van der Waals surface area contributed by atoms with Crippen LogP contribution < -0.4 is 0 Å². The van der Waals surface area contributed by atoms with E-state index in [0.717, 1.165) is 0 Å². The molecule has 9 heteroatoms. The SMILES string of the molecule is O=S(=O)(c1cccnc1)N1CCC(c2nnc(-c3ccco3)o2)CC1. The van der Waals surface area contributed by atoms with Crippen LogP contribution in [-0.2, 0) is 10.0 Å². The molecule has 1 fully saturated rings. The smallest absolute Gasteiger partial charge is 0.283 e. The van der Waals surface area contributed by atoms with Crippen LogP contribution in [0.15, 0.2) is 56.7 Å². The molecule has 0 bridgehead atoms. The van der Waals surface area contributed by atoms with E-state index in [1.165, 1.54) is 10.5 Å². The molecule has 1 aliphatic rings. The first kappa shape index (κ1) is 16.0. The van der Waals surface area contributed by atoms with Crippen LogP contribution in [-0.4, -0.2) is 41.0 Å². The molecule has 0 aromatic carbocycles. The molecule has 0 unspecified atom stereocenters. The predicted octanol–water partition coefficient (Wildman–Crippen LogP) is 2.29. The van der Waals surface area contributed by atoms with Crippen LogP contribution in [0.2, 0.25) is 0 Å². The summed E-state index contributed by atoms with van der Waals surface area (Å²) in [7, 11) is -3.51. The average Bonchev–Trinajstić information content (AvgIpc) is 3.34. The van der Waals surface area contributed by atoms with Crippen molar-refractivity contribution in [1.29, 1.82) is 0 Å². The van der Waals surface area contributed by atoms with E-state index in [4.69, 9.17) is 8.83 Å². The van der Waals surface area contributed by atoms with Gasteiger partial charge in [0.15, 0.2) is 5.76 Å². The number of rotatable bonds is 4. The van der Waals surface area contributed by atoms with E-state index in [-0.39, 0.29) is 10.8 Å². The fourth-order valence-electron chi connectivity index (χ4n) is 2.89. The van der Waals surface area contributed by atoms with E-state index in [0.29, 0.717) is 43.5 Å². The second-order valence-electron chi connectivity index (χ2n) is 5.79. The van der Waals surface area contributed by atoms with Gasteiger partial charge in [-0.15, -0.1) is 10.2 Å². The molecule has 3 aromatic rings. The number of hydrogen-bond acceptors (Lipinski definition) is 7. The van der Waals surface area contributed by atoms with Crippen LogP contribution in [0, 0.1) is 0 Å². The van der Waals surface area contributed by atoms with E-state index in [1.807, 2.05) is 0 Å². The fourth-order valence-corrected chi connectivity index (χ4v) is 4.33. The maximum Gasteiger partial charge on any atom is 0.283 e. The van der Waals surface area contributed by atoms with Gasteiger partial charge in [0.05, 0.1) is 6.26 Å². The summed E-state index contributed by atoms with van der Waals surface area (Å²) in [5.74, 6) is 1.42. The largest absolute Gasteiger partial charge is 0.459 e. The number of aromatic nitrogens is 3. The van der Waals surface area contributed by atoms with Crippen LogP contribution in [0.5, 0.6) is 0 Å². The van der Waals surface area contributed by atoms with Gasteiger partial charge in [0.25, 0.3) is 5.89 Å². The van der Waals surface area contributed by atoms with Gasteiger partial charge in [-0.25, -0.2) is 8.42 Å². The first-order valence-corrected chi connectivity index (χ1v) is 9.36. The zero-order valence-corrected chi connectivity index (χ0v) is 14.1. The minimum absolute atomic E-state index is 0.0385. The first-order chi connectivity index (χ1) is 12.1. The molecule has 1 aliphatic heterocycles. The molecule has 0 aliphatic carbocycles. The zero-order chi connectivity index (χ0) is 17.3. The Balaban J connectivity index is 1.45. The number of hydrogen-bond donors (Lipinski definition) is 0. The third-order valence-electron chi connectivity index (χ3n) is 4.25. The summed E-state index contributed by atoms with van der Waals surface area (Å²) in [5, 5.41) is 8.09. The minimum atomic E-state index is -3.51. The standard InChI is InChI=1S/C16H16N4O4S/c21-25(22,13-3-1-7-17-11-13)20-8-5-12(6-9-20)15-18-19-16(24-15)14-4-2-10-23-14/h1-4,7,10-12H,5-6,8-9H2. The van der Waals surface area contributed by atoms with E-state index in [2.05, 4.69) is 15.2 Å². The Labute approximate surface area is 144 Å². The summed E-state index contributed by atoms with van der Waals surface area (Å²) in [6.07, 6.45) is 5.71. The quantitative estimate of drug-likeness (QED) is 0.703. The summed E-state index contributed by atoms with van der Waals surface area (Å²) >= 11 is 0. The molecule has 0 spiro atoms. The minimum Gasteiger partial charge on any atom is -0.459 e. The van der Waals surface area contributed by atoms with Gasteiger partial charge in [0, 0.05) is 31.4 Å². The normalized spacial score (nSPS) is 17.0. The number of pyridine rings is 1. The number of sulfonamides is 1. The third-order valence-corrected chi connectivity index (χ3v) is 6.13. The Morgan fingerprint density at radius 3 is 2.64 bits per heavy atom. The summed E-state index contributed by atoms with van der Waals surface area (Å²) < 4.78 is 37.6. The molecule has 8 nitrogen and oxygen atoms in total. The fraction of sp³-hybridized carbons (Fsp3) is 0.312. The number of piperidine rings is 1. The molecule has 130 valence electrons. The Morgan fingerprint density at radius 2 is 1.96 bits per heavy atom. The van der Waals surface area contributed by atoms with E-state index >= 15 is 0 Å². The first-order valence-electron chi connectivity index (χ1n) is 7.92. The Bertz CT molecular complexity index is 930. The molecule has 0 radical (unpaired) electrons. The number of furan rings is 1. The topological polar surface area (TPSA) is 102 Å². The zero-order valence-electron chi connectivity index (χ0n) is 13.3. The molecule has 0 saturated carbocycles. The lowest BCUT2D eigenvalue weighted by Crippen LogP contribution is -2.38. The van der Waals surface area contributed by atoms with Crippen molar-refractivity contribution in [2.24, 2.45) is 0 Å². The molecular weight excluding hydrogens is 344 g/mol. The maximum atomic E-state index is 12.6. The highest BCUT2D eigenvalue weighted by Gasteiger charge is 2.32. The molecule has 1 saturated heterocycles. The molecule has 0 amide bonds. The van der Waals surface area contributed by atoms with Gasteiger partial charge in [-0.3, -0.25) is 4.98 Å². The molecule has 4 rings (SSSR count). The van der Waals surface area contributed by atoms with Gasteiger partial charge in [0.2, 0.25) is 15.9 Å². The average molecular weight is 360 g/mol. The van der Waals surface area contributed by atoms with Crippen molar-refractivity contribution >= 4 is 10.0 Å². The monoisotopic (exact) mass is 360 g/mol. The maximum absolute atomic E-state index is 12.6.